The fourth-order valence-corrected chi connectivity index (χ4v) is 6.01. The number of carbonyl (C=O) groups is 1. The second kappa shape index (κ2) is 9.21. The monoisotopic (exact) mass is 456 g/mol. The molecule has 2 aliphatic rings. The molecule has 0 N–H and O–H groups in total. The van der Waals surface area contributed by atoms with Gasteiger partial charge in [-0.25, -0.2) is 8.42 Å². The van der Waals surface area contributed by atoms with Crippen molar-refractivity contribution >= 4 is 21.6 Å². The third kappa shape index (κ3) is 4.40. The van der Waals surface area contributed by atoms with Crippen LogP contribution in [0.1, 0.15) is 18.1 Å². The van der Waals surface area contributed by atoms with Crippen molar-refractivity contribution in [3.8, 4) is 0 Å². The summed E-state index contributed by atoms with van der Waals surface area (Å²) < 4.78 is 27.6. The maximum absolute atomic E-state index is 13.4. The average molecular weight is 457 g/mol. The number of likely N-dealkylation sites (N-methyl/N-ethyl adjacent to an activating group) is 1. The molecular weight excluding hydrogens is 424 g/mol. The van der Waals surface area contributed by atoms with E-state index in [2.05, 4.69) is 36.9 Å². The number of nitrogens with zero attached hydrogens (tertiary/aromatic N) is 4. The predicted octanol–water partition coefficient (Wildman–Crippen LogP) is 2.30. The summed E-state index contributed by atoms with van der Waals surface area (Å²) in [6.45, 7) is 10.1. The van der Waals surface area contributed by atoms with Crippen LogP contribution < -0.4 is 4.90 Å². The van der Waals surface area contributed by atoms with Gasteiger partial charge in [-0.15, -0.1) is 0 Å². The van der Waals surface area contributed by atoms with Gasteiger partial charge in [-0.1, -0.05) is 37.3 Å². The Morgan fingerprint density at radius 3 is 2.34 bits per heavy atom. The van der Waals surface area contributed by atoms with Gasteiger partial charge in [0.2, 0.25) is 15.9 Å². The molecular formula is C24H32N4O3S. The lowest BCUT2D eigenvalue weighted by molar-refractivity contribution is -0.135. The summed E-state index contributed by atoms with van der Waals surface area (Å²) in [4.78, 5) is 19.8. The number of hydrogen-bond acceptors (Lipinski definition) is 5. The molecule has 4 rings (SSSR count). The van der Waals surface area contributed by atoms with Crippen molar-refractivity contribution in [1.29, 1.82) is 0 Å². The van der Waals surface area contributed by atoms with Crippen LogP contribution in [0.4, 0.5) is 5.69 Å². The Balaban J connectivity index is 1.43. The van der Waals surface area contributed by atoms with Gasteiger partial charge in [0.05, 0.1) is 11.6 Å². The van der Waals surface area contributed by atoms with Gasteiger partial charge in [-0.2, -0.15) is 4.31 Å². The predicted molar refractivity (Wildman–Crippen MR) is 126 cm³/mol. The normalized spacial score (nSPS) is 20.7. The number of hydrogen-bond donors (Lipinski definition) is 0. The summed E-state index contributed by atoms with van der Waals surface area (Å²) in [5.41, 5.74) is 3.70. The molecule has 8 heteroatoms. The topological polar surface area (TPSA) is 64.2 Å². The number of sulfonamides is 1. The molecule has 0 bridgehead atoms. The van der Waals surface area contributed by atoms with Crippen LogP contribution in [0.25, 0.3) is 0 Å². The molecule has 7 nitrogen and oxygen atoms in total. The molecule has 1 unspecified atom stereocenters. The quantitative estimate of drug-likeness (QED) is 0.691. The van der Waals surface area contributed by atoms with Crippen molar-refractivity contribution in [2.45, 2.75) is 31.7 Å². The molecule has 2 saturated heterocycles. The Kier molecular flexibility index (Phi) is 6.55. The number of aryl methyl sites for hydroxylation is 2. The highest BCUT2D eigenvalue weighted by atomic mass is 32.2. The fraction of sp³-hybridized carbons (Fsp3) is 0.458. The molecule has 172 valence electrons. The van der Waals surface area contributed by atoms with E-state index in [9.17, 15) is 13.2 Å². The van der Waals surface area contributed by atoms with Crippen molar-refractivity contribution in [2.24, 2.45) is 0 Å². The maximum Gasteiger partial charge on any atom is 0.244 e. The minimum atomic E-state index is -3.62. The molecule has 0 aromatic heterocycles. The Labute approximate surface area is 191 Å². The van der Waals surface area contributed by atoms with Crippen LogP contribution in [0.5, 0.6) is 0 Å². The third-order valence-electron chi connectivity index (χ3n) is 6.53. The van der Waals surface area contributed by atoms with Crippen molar-refractivity contribution in [1.82, 2.24) is 14.1 Å². The number of rotatable bonds is 5. The van der Waals surface area contributed by atoms with Crippen LogP contribution in [-0.4, -0.2) is 80.4 Å². The van der Waals surface area contributed by atoms with Crippen molar-refractivity contribution in [3.63, 3.8) is 0 Å². The summed E-state index contributed by atoms with van der Waals surface area (Å²) in [6.07, 6.45) is 0. The lowest BCUT2D eigenvalue weighted by atomic mass is 10.1. The number of anilines is 1. The van der Waals surface area contributed by atoms with Crippen LogP contribution in [0.3, 0.4) is 0 Å². The maximum atomic E-state index is 13.4. The van der Waals surface area contributed by atoms with Gasteiger partial charge < -0.3 is 9.80 Å². The van der Waals surface area contributed by atoms with E-state index in [-0.39, 0.29) is 24.0 Å². The molecule has 0 radical (unpaired) electrons. The first kappa shape index (κ1) is 22.8. The van der Waals surface area contributed by atoms with Crippen molar-refractivity contribution in [3.05, 3.63) is 59.7 Å². The van der Waals surface area contributed by atoms with Crippen LogP contribution in [0, 0.1) is 13.8 Å². The summed E-state index contributed by atoms with van der Waals surface area (Å²) in [6, 6.07) is 14.5. The van der Waals surface area contributed by atoms with Crippen LogP contribution in [0.15, 0.2) is 53.4 Å². The van der Waals surface area contributed by atoms with Crippen LogP contribution in [-0.2, 0) is 14.8 Å². The Morgan fingerprint density at radius 2 is 1.69 bits per heavy atom. The fourth-order valence-electron chi connectivity index (χ4n) is 4.58. The van der Waals surface area contributed by atoms with E-state index in [0.29, 0.717) is 19.6 Å². The SMILES string of the molecule is CCN1CN(S(=O)(=O)c2ccccc2)CC1C(=O)N1CCN(c2cc(C)ccc2C)CC1. The first-order valence-corrected chi connectivity index (χ1v) is 12.7. The molecule has 1 amide bonds. The second-order valence-corrected chi connectivity index (χ2v) is 10.6. The molecule has 2 aromatic rings. The molecule has 2 fully saturated rings. The van der Waals surface area contributed by atoms with E-state index < -0.39 is 16.1 Å². The van der Waals surface area contributed by atoms with Gasteiger partial charge in [0.1, 0.15) is 6.04 Å². The van der Waals surface area contributed by atoms with E-state index in [0.717, 1.165) is 13.1 Å². The average Bonchev–Trinajstić information content (AvgIpc) is 3.26. The van der Waals surface area contributed by atoms with Gasteiger partial charge in [-0.05, 0) is 49.7 Å². The molecule has 32 heavy (non-hydrogen) atoms. The summed E-state index contributed by atoms with van der Waals surface area (Å²) >= 11 is 0. The number of carbonyl (C=O) groups excluding carboxylic acids is 1. The molecule has 0 aliphatic carbocycles. The first-order valence-electron chi connectivity index (χ1n) is 11.2. The molecule has 0 spiro atoms. The molecule has 0 saturated carbocycles. The largest absolute Gasteiger partial charge is 0.368 e. The molecule has 1 atom stereocenters. The highest BCUT2D eigenvalue weighted by molar-refractivity contribution is 7.89. The Bertz CT molecular complexity index is 1070. The zero-order chi connectivity index (χ0) is 22.9. The minimum absolute atomic E-state index is 0.0261. The first-order chi connectivity index (χ1) is 15.3. The minimum Gasteiger partial charge on any atom is -0.368 e. The lowest BCUT2D eigenvalue weighted by Gasteiger charge is -2.38. The zero-order valence-electron chi connectivity index (χ0n) is 19.1. The van der Waals surface area contributed by atoms with Gasteiger partial charge in [0.25, 0.3) is 0 Å². The highest BCUT2D eigenvalue weighted by Crippen LogP contribution is 2.26. The van der Waals surface area contributed by atoms with Crippen LogP contribution >= 0.6 is 0 Å². The van der Waals surface area contributed by atoms with E-state index in [1.807, 2.05) is 16.7 Å². The summed E-state index contributed by atoms with van der Waals surface area (Å²) in [5, 5.41) is 0. The van der Waals surface area contributed by atoms with Gasteiger partial charge in [-0.3, -0.25) is 9.69 Å². The molecule has 2 aliphatic heterocycles. The van der Waals surface area contributed by atoms with Gasteiger partial charge >= 0.3 is 0 Å². The summed E-state index contributed by atoms with van der Waals surface area (Å²) in [5.74, 6) is 0.0261. The van der Waals surface area contributed by atoms with Crippen molar-refractivity contribution in [2.75, 3.05) is 50.8 Å². The summed E-state index contributed by atoms with van der Waals surface area (Å²) in [7, 11) is -3.62. The third-order valence-corrected chi connectivity index (χ3v) is 8.34. The number of benzene rings is 2. The smallest absolute Gasteiger partial charge is 0.244 e. The second-order valence-electron chi connectivity index (χ2n) is 8.62. The zero-order valence-corrected chi connectivity index (χ0v) is 19.9. The van der Waals surface area contributed by atoms with E-state index in [1.165, 1.54) is 21.1 Å². The lowest BCUT2D eigenvalue weighted by Crippen LogP contribution is -2.54. The van der Waals surface area contributed by atoms with Crippen molar-refractivity contribution < 1.29 is 13.2 Å². The van der Waals surface area contributed by atoms with Gasteiger partial charge in [0, 0.05) is 38.4 Å². The standard InChI is InChI=1S/C24H32N4O3S/c1-4-25-18-28(32(30,31)21-8-6-5-7-9-21)17-23(25)24(29)27-14-12-26(13-15-27)22-16-19(2)10-11-20(22)3/h5-11,16,23H,4,12-15,17-18H2,1-3H3. The van der Waals surface area contributed by atoms with E-state index in [4.69, 9.17) is 0 Å². The van der Waals surface area contributed by atoms with E-state index in [1.54, 1.807) is 30.3 Å². The molecule has 2 aromatic carbocycles. The number of piperazine rings is 1. The van der Waals surface area contributed by atoms with E-state index >= 15 is 0 Å². The molecule has 2 heterocycles. The Morgan fingerprint density at radius 1 is 1.00 bits per heavy atom. The van der Waals surface area contributed by atoms with Gasteiger partial charge in [0.15, 0.2) is 0 Å². The highest BCUT2D eigenvalue weighted by Gasteiger charge is 2.42. The van der Waals surface area contributed by atoms with Crippen LogP contribution in [0.2, 0.25) is 0 Å². The number of amides is 1. The Hall–Kier alpha value is -2.42.